The Morgan fingerprint density at radius 3 is 2.62 bits per heavy atom. The van der Waals surface area contributed by atoms with Crippen LogP contribution in [0.2, 0.25) is 0 Å². The number of carbonyl (C=O) groups excluding carboxylic acids is 1. The standard InChI is InChI=1S/C22H22F3N3O3S/c23-22(24,25)17-3-1-4-18(13-17)32(30,31)28-11-8-16(9-12-28)19-5-2-10-26-20(19)21(29)27-14-15-6-7-15/h1-5,8,10,13,15H,6-7,9,11-12,14H2,(H,27,29). The minimum absolute atomic E-state index is 0.00800. The number of aromatic nitrogens is 1. The van der Waals surface area contributed by atoms with Gasteiger partial charge in [-0.05, 0) is 55.0 Å². The fraction of sp³-hybridized carbons (Fsp3) is 0.364. The highest BCUT2D eigenvalue weighted by atomic mass is 32.2. The highest BCUT2D eigenvalue weighted by Gasteiger charge is 2.33. The molecule has 1 aromatic carbocycles. The van der Waals surface area contributed by atoms with Gasteiger partial charge in [-0.3, -0.25) is 9.78 Å². The Labute approximate surface area is 184 Å². The summed E-state index contributed by atoms with van der Waals surface area (Å²) in [7, 11) is -4.09. The van der Waals surface area contributed by atoms with Gasteiger partial charge >= 0.3 is 6.18 Å². The maximum absolute atomic E-state index is 13.0. The number of benzene rings is 1. The number of amides is 1. The second-order valence-corrected chi connectivity index (χ2v) is 9.86. The van der Waals surface area contributed by atoms with Gasteiger partial charge in [0.25, 0.3) is 5.91 Å². The Morgan fingerprint density at radius 2 is 1.97 bits per heavy atom. The third kappa shape index (κ3) is 4.86. The third-order valence-electron chi connectivity index (χ3n) is 5.59. The van der Waals surface area contributed by atoms with E-state index in [1.807, 2.05) is 0 Å². The van der Waals surface area contributed by atoms with Crippen molar-refractivity contribution in [3.8, 4) is 0 Å². The number of hydrogen-bond donors (Lipinski definition) is 1. The van der Waals surface area contributed by atoms with Crippen LogP contribution in [0.15, 0.2) is 53.6 Å². The van der Waals surface area contributed by atoms with Gasteiger partial charge in [-0.1, -0.05) is 18.2 Å². The van der Waals surface area contributed by atoms with E-state index < -0.39 is 26.7 Å². The normalized spacial score (nSPS) is 17.7. The molecule has 1 aromatic heterocycles. The van der Waals surface area contributed by atoms with Crippen molar-refractivity contribution in [3.05, 3.63) is 65.5 Å². The molecule has 1 amide bonds. The Hall–Kier alpha value is -2.72. The van der Waals surface area contributed by atoms with Crippen LogP contribution >= 0.6 is 0 Å². The molecule has 0 unspecified atom stereocenters. The summed E-state index contributed by atoms with van der Waals surface area (Å²) >= 11 is 0. The highest BCUT2D eigenvalue weighted by molar-refractivity contribution is 7.89. The van der Waals surface area contributed by atoms with Gasteiger partial charge in [0.05, 0.1) is 10.5 Å². The van der Waals surface area contributed by atoms with E-state index in [9.17, 15) is 26.4 Å². The first-order chi connectivity index (χ1) is 15.2. The minimum Gasteiger partial charge on any atom is -0.350 e. The minimum atomic E-state index is -4.63. The molecule has 4 rings (SSSR count). The Kier molecular flexibility index (Phi) is 6.09. The molecule has 1 aliphatic carbocycles. The van der Waals surface area contributed by atoms with Crippen LogP contribution in [0.3, 0.4) is 0 Å². The lowest BCUT2D eigenvalue weighted by Crippen LogP contribution is -2.35. The number of alkyl halides is 3. The zero-order valence-electron chi connectivity index (χ0n) is 17.1. The van der Waals surface area contributed by atoms with Crippen molar-refractivity contribution in [1.29, 1.82) is 0 Å². The lowest BCUT2D eigenvalue weighted by molar-refractivity contribution is -0.137. The first kappa shape index (κ1) is 22.5. The van der Waals surface area contributed by atoms with E-state index in [1.54, 1.807) is 18.2 Å². The lowest BCUT2D eigenvalue weighted by atomic mass is 9.98. The molecule has 6 nitrogen and oxygen atoms in total. The molecule has 2 aliphatic rings. The van der Waals surface area contributed by atoms with Gasteiger partial charge in [0, 0.05) is 31.4 Å². The molecule has 1 saturated carbocycles. The van der Waals surface area contributed by atoms with E-state index in [-0.39, 0.29) is 24.7 Å². The van der Waals surface area contributed by atoms with Gasteiger partial charge in [-0.15, -0.1) is 0 Å². The van der Waals surface area contributed by atoms with Crippen molar-refractivity contribution >= 4 is 21.5 Å². The molecule has 0 saturated heterocycles. The number of pyridine rings is 1. The average molecular weight is 465 g/mol. The van der Waals surface area contributed by atoms with Crippen LogP contribution in [0.5, 0.6) is 0 Å². The van der Waals surface area contributed by atoms with Crippen molar-refractivity contribution in [2.75, 3.05) is 19.6 Å². The molecule has 1 fully saturated rings. The molecule has 0 atom stereocenters. The first-order valence-corrected chi connectivity index (χ1v) is 11.7. The molecule has 170 valence electrons. The van der Waals surface area contributed by atoms with E-state index >= 15 is 0 Å². The molecule has 0 spiro atoms. The van der Waals surface area contributed by atoms with Gasteiger partial charge in [0.2, 0.25) is 10.0 Å². The number of nitrogens with one attached hydrogen (secondary N) is 1. The quantitative estimate of drug-likeness (QED) is 0.705. The van der Waals surface area contributed by atoms with Crippen molar-refractivity contribution in [2.45, 2.75) is 30.3 Å². The maximum Gasteiger partial charge on any atom is 0.416 e. The second kappa shape index (κ2) is 8.67. The van der Waals surface area contributed by atoms with E-state index in [1.165, 1.54) is 6.20 Å². The van der Waals surface area contributed by atoms with Crippen LogP contribution in [0.25, 0.3) is 5.57 Å². The summed E-state index contributed by atoms with van der Waals surface area (Å²) in [6, 6.07) is 7.21. The summed E-state index contributed by atoms with van der Waals surface area (Å²) in [4.78, 5) is 16.4. The van der Waals surface area contributed by atoms with Crippen LogP contribution in [-0.4, -0.2) is 43.2 Å². The summed E-state index contributed by atoms with van der Waals surface area (Å²) in [6.45, 7) is 0.686. The monoisotopic (exact) mass is 465 g/mol. The average Bonchev–Trinajstić information content (AvgIpc) is 3.62. The molecule has 2 heterocycles. The van der Waals surface area contributed by atoms with E-state index in [4.69, 9.17) is 0 Å². The van der Waals surface area contributed by atoms with Gasteiger partial charge in [-0.2, -0.15) is 17.5 Å². The van der Waals surface area contributed by atoms with Gasteiger partial charge in [0.1, 0.15) is 5.69 Å². The number of halogens is 3. The summed E-state index contributed by atoms with van der Waals surface area (Å²) in [6.07, 6.45) is 1.12. The summed E-state index contributed by atoms with van der Waals surface area (Å²) < 4.78 is 65.9. The molecule has 1 aliphatic heterocycles. The van der Waals surface area contributed by atoms with Gasteiger partial charge in [0.15, 0.2) is 0 Å². The smallest absolute Gasteiger partial charge is 0.350 e. The highest BCUT2D eigenvalue weighted by Crippen LogP contribution is 2.32. The summed E-state index contributed by atoms with van der Waals surface area (Å²) in [5.74, 6) is 0.252. The van der Waals surface area contributed by atoms with Crippen molar-refractivity contribution in [1.82, 2.24) is 14.6 Å². The molecule has 0 bridgehead atoms. The van der Waals surface area contributed by atoms with Gasteiger partial charge < -0.3 is 5.32 Å². The third-order valence-corrected chi connectivity index (χ3v) is 7.45. The van der Waals surface area contributed by atoms with E-state index in [0.29, 0.717) is 30.5 Å². The van der Waals surface area contributed by atoms with Crippen LogP contribution in [0.4, 0.5) is 13.2 Å². The number of rotatable bonds is 6. The molecule has 2 aromatic rings. The van der Waals surface area contributed by atoms with Gasteiger partial charge in [-0.25, -0.2) is 8.42 Å². The molecular formula is C22H22F3N3O3S. The SMILES string of the molecule is O=C(NCC1CC1)c1ncccc1C1=CCN(S(=O)(=O)c2cccc(C(F)(F)F)c2)CC1. The molecule has 1 N–H and O–H groups in total. The van der Waals surface area contributed by atoms with E-state index in [2.05, 4.69) is 10.3 Å². The largest absolute Gasteiger partial charge is 0.416 e. The van der Waals surface area contributed by atoms with E-state index in [0.717, 1.165) is 40.9 Å². The van der Waals surface area contributed by atoms with Crippen molar-refractivity contribution < 1.29 is 26.4 Å². The summed E-state index contributed by atoms with van der Waals surface area (Å²) in [5, 5.41) is 2.89. The molecule has 10 heteroatoms. The van der Waals surface area contributed by atoms with Crippen LogP contribution in [0, 0.1) is 5.92 Å². The Morgan fingerprint density at radius 1 is 1.19 bits per heavy atom. The zero-order valence-corrected chi connectivity index (χ0v) is 17.9. The number of hydrogen-bond acceptors (Lipinski definition) is 4. The number of nitrogens with zero attached hydrogens (tertiary/aromatic N) is 2. The Balaban J connectivity index is 1.53. The fourth-order valence-electron chi connectivity index (χ4n) is 3.58. The van der Waals surface area contributed by atoms with Crippen LogP contribution < -0.4 is 5.32 Å². The molecule has 32 heavy (non-hydrogen) atoms. The Bertz CT molecular complexity index is 1160. The topological polar surface area (TPSA) is 79.4 Å². The van der Waals surface area contributed by atoms with Crippen molar-refractivity contribution in [2.24, 2.45) is 5.92 Å². The fourth-order valence-corrected chi connectivity index (χ4v) is 5.01. The first-order valence-electron chi connectivity index (χ1n) is 10.3. The summed E-state index contributed by atoms with van der Waals surface area (Å²) in [5.41, 5.74) is 0.694. The predicted octanol–water partition coefficient (Wildman–Crippen LogP) is 3.72. The second-order valence-electron chi connectivity index (χ2n) is 7.92. The van der Waals surface area contributed by atoms with Crippen molar-refractivity contribution in [3.63, 3.8) is 0 Å². The van der Waals surface area contributed by atoms with Crippen LogP contribution in [-0.2, 0) is 16.2 Å². The lowest BCUT2D eigenvalue weighted by Gasteiger charge is -2.26. The van der Waals surface area contributed by atoms with Crippen LogP contribution in [0.1, 0.15) is 40.9 Å². The predicted molar refractivity (Wildman–Crippen MR) is 112 cm³/mol. The molecular weight excluding hydrogens is 443 g/mol. The number of sulfonamides is 1. The number of carbonyl (C=O) groups is 1. The zero-order chi connectivity index (χ0) is 22.9. The molecule has 0 radical (unpaired) electrons. The maximum atomic E-state index is 13.0.